The molecule has 0 unspecified atom stereocenters. The largest absolute Gasteiger partial charge is 0.489 e. The quantitative estimate of drug-likeness (QED) is 0.462. The van der Waals surface area contributed by atoms with Crippen LogP contribution in [-0.2, 0) is 22.6 Å². The number of ketones is 1. The molecule has 0 bridgehead atoms. The lowest BCUT2D eigenvalue weighted by molar-refractivity contribution is -0.116. The van der Waals surface area contributed by atoms with Crippen LogP contribution in [0.5, 0.6) is 5.75 Å². The van der Waals surface area contributed by atoms with Gasteiger partial charge < -0.3 is 14.8 Å². The lowest BCUT2D eigenvalue weighted by Gasteiger charge is -2.17. The van der Waals surface area contributed by atoms with E-state index in [0.29, 0.717) is 36.3 Å². The molecule has 3 aromatic rings. The highest BCUT2D eigenvalue weighted by Gasteiger charge is 2.18. The number of fused-ring (bicyclic) bond motifs is 1. The summed E-state index contributed by atoms with van der Waals surface area (Å²) in [4.78, 5) is 36.3. The first-order valence-corrected chi connectivity index (χ1v) is 9.98. The Morgan fingerprint density at radius 3 is 2.55 bits per heavy atom. The van der Waals surface area contributed by atoms with Gasteiger partial charge in [0.05, 0.1) is 5.56 Å². The average molecular weight is 415 g/mol. The van der Waals surface area contributed by atoms with E-state index in [9.17, 15) is 14.4 Å². The molecule has 0 saturated carbocycles. The number of nitrogens with one attached hydrogen (secondary N) is 1. The van der Waals surface area contributed by atoms with E-state index in [0.717, 1.165) is 16.8 Å². The first-order valence-electron chi connectivity index (χ1n) is 9.98. The number of hydrogen-bond acceptors (Lipinski definition) is 5. The molecule has 6 nitrogen and oxygen atoms in total. The van der Waals surface area contributed by atoms with Crippen molar-refractivity contribution in [2.45, 2.75) is 19.4 Å². The molecular formula is C25H21NO5. The van der Waals surface area contributed by atoms with Crippen molar-refractivity contribution < 1.29 is 23.9 Å². The van der Waals surface area contributed by atoms with Crippen LogP contribution < -0.4 is 10.1 Å². The molecule has 31 heavy (non-hydrogen) atoms. The molecule has 4 rings (SSSR count). The molecule has 156 valence electrons. The number of anilines is 1. The van der Waals surface area contributed by atoms with E-state index in [1.165, 1.54) is 0 Å². The number of ether oxygens (including phenoxy) is 2. The number of rotatable bonds is 7. The van der Waals surface area contributed by atoms with Crippen molar-refractivity contribution in [3.8, 4) is 5.75 Å². The van der Waals surface area contributed by atoms with Gasteiger partial charge in [0.15, 0.2) is 12.4 Å². The lowest BCUT2D eigenvalue weighted by Crippen LogP contribution is -2.20. The van der Waals surface area contributed by atoms with E-state index >= 15 is 0 Å². The Morgan fingerprint density at radius 2 is 1.71 bits per heavy atom. The van der Waals surface area contributed by atoms with Gasteiger partial charge in [-0.1, -0.05) is 36.4 Å². The number of carbonyl (C=O) groups is 3. The second kappa shape index (κ2) is 9.26. The Labute approximate surface area is 179 Å². The maximum Gasteiger partial charge on any atom is 0.338 e. The summed E-state index contributed by atoms with van der Waals surface area (Å²) in [5, 5.41) is 2.78. The Morgan fingerprint density at radius 1 is 0.871 bits per heavy atom. The number of benzene rings is 3. The Balaban J connectivity index is 1.34. The van der Waals surface area contributed by atoms with Crippen molar-refractivity contribution in [3.05, 3.63) is 95.1 Å². The first kappa shape index (κ1) is 20.3. The molecule has 0 aromatic heterocycles. The summed E-state index contributed by atoms with van der Waals surface area (Å²) in [6.07, 6.45) is 0.972. The second-order valence-electron chi connectivity index (χ2n) is 7.22. The topological polar surface area (TPSA) is 81.7 Å². The smallest absolute Gasteiger partial charge is 0.338 e. The van der Waals surface area contributed by atoms with E-state index in [1.54, 1.807) is 42.5 Å². The zero-order valence-electron chi connectivity index (χ0n) is 16.8. The standard InChI is InChI=1S/C25H21NO5/c27-23(19-9-11-22-18(13-19)10-12-24(28)26-22)16-31-25(29)20-7-4-8-21(14-20)30-15-17-5-2-1-3-6-17/h1-9,11,13-14H,10,12,15-16H2,(H,26,28). The van der Waals surface area contributed by atoms with Crippen molar-refractivity contribution in [1.82, 2.24) is 0 Å². The Kier molecular flexibility index (Phi) is 6.08. The minimum Gasteiger partial charge on any atom is -0.489 e. The van der Waals surface area contributed by atoms with Gasteiger partial charge in [0, 0.05) is 17.7 Å². The second-order valence-corrected chi connectivity index (χ2v) is 7.22. The molecule has 0 fully saturated rings. The van der Waals surface area contributed by atoms with Crippen LogP contribution in [0.1, 0.15) is 38.3 Å². The molecule has 0 aliphatic carbocycles. The monoisotopic (exact) mass is 415 g/mol. The molecule has 0 atom stereocenters. The van der Waals surface area contributed by atoms with Gasteiger partial charge in [-0.15, -0.1) is 0 Å². The van der Waals surface area contributed by atoms with Crippen molar-refractivity contribution >= 4 is 23.3 Å². The molecule has 1 aliphatic heterocycles. The summed E-state index contributed by atoms with van der Waals surface area (Å²) in [6, 6.07) is 21.5. The van der Waals surface area contributed by atoms with E-state index in [4.69, 9.17) is 9.47 Å². The van der Waals surface area contributed by atoms with Crippen LogP contribution in [-0.4, -0.2) is 24.3 Å². The fourth-order valence-corrected chi connectivity index (χ4v) is 3.31. The van der Waals surface area contributed by atoms with Gasteiger partial charge in [0.1, 0.15) is 12.4 Å². The molecule has 0 saturated heterocycles. The number of carbonyl (C=O) groups excluding carboxylic acids is 3. The fourth-order valence-electron chi connectivity index (χ4n) is 3.31. The minimum atomic E-state index is -0.594. The molecule has 6 heteroatoms. The normalized spacial score (nSPS) is 12.5. The van der Waals surface area contributed by atoms with Gasteiger partial charge in [-0.05, 0) is 53.9 Å². The lowest BCUT2D eigenvalue weighted by atomic mass is 9.99. The molecule has 1 N–H and O–H groups in total. The van der Waals surface area contributed by atoms with Gasteiger partial charge >= 0.3 is 5.97 Å². The summed E-state index contributed by atoms with van der Waals surface area (Å²) in [5.41, 5.74) is 3.40. The van der Waals surface area contributed by atoms with Crippen molar-refractivity contribution in [2.24, 2.45) is 0 Å². The van der Waals surface area contributed by atoms with Gasteiger partial charge in [-0.2, -0.15) is 0 Å². The number of amides is 1. The SMILES string of the molecule is O=C1CCc2cc(C(=O)COC(=O)c3cccc(OCc4ccccc4)c3)ccc2N1. The molecule has 0 spiro atoms. The van der Waals surface area contributed by atoms with E-state index < -0.39 is 5.97 Å². The van der Waals surface area contributed by atoms with Crippen molar-refractivity contribution in [1.29, 1.82) is 0 Å². The third kappa shape index (κ3) is 5.17. The van der Waals surface area contributed by atoms with E-state index in [1.807, 2.05) is 30.3 Å². The van der Waals surface area contributed by atoms with Crippen LogP contribution in [0.15, 0.2) is 72.8 Å². The highest BCUT2D eigenvalue weighted by atomic mass is 16.5. The highest BCUT2D eigenvalue weighted by Crippen LogP contribution is 2.24. The van der Waals surface area contributed by atoms with E-state index in [-0.39, 0.29) is 18.3 Å². The van der Waals surface area contributed by atoms with Gasteiger partial charge in [-0.3, -0.25) is 9.59 Å². The summed E-state index contributed by atoms with van der Waals surface area (Å²) < 4.78 is 10.9. The number of hydrogen-bond donors (Lipinski definition) is 1. The number of aryl methyl sites for hydroxylation is 1. The molecule has 0 radical (unpaired) electrons. The third-order valence-electron chi connectivity index (χ3n) is 4.98. The van der Waals surface area contributed by atoms with Crippen molar-refractivity contribution in [2.75, 3.05) is 11.9 Å². The molecule has 1 amide bonds. The predicted molar refractivity (Wildman–Crippen MR) is 115 cm³/mol. The maximum absolute atomic E-state index is 12.5. The predicted octanol–water partition coefficient (Wildman–Crippen LogP) is 4.19. The van der Waals surface area contributed by atoms with Gasteiger partial charge in [0.2, 0.25) is 5.91 Å². The maximum atomic E-state index is 12.5. The highest BCUT2D eigenvalue weighted by molar-refractivity contribution is 6.01. The van der Waals surface area contributed by atoms with Gasteiger partial charge in [-0.25, -0.2) is 4.79 Å². The van der Waals surface area contributed by atoms with Crippen LogP contribution in [0.2, 0.25) is 0 Å². The fraction of sp³-hybridized carbons (Fsp3) is 0.160. The average Bonchev–Trinajstić information content (AvgIpc) is 2.81. The van der Waals surface area contributed by atoms with Crippen LogP contribution in [0.4, 0.5) is 5.69 Å². The van der Waals surface area contributed by atoms with Crippen LogP contribution in [0.3, 0.4) is 0 Å². The Bertz CT molecular complexity index is 1120. The van der Waals surface area contributed by atoms with Gasteiger partial charge in [0.25, 0.3) is 0 Å². The minimum absolute atomic E-state index is 0.0320. The van der Waals surface area contributed by atoms with Crippen LogP contribution >= 0.6 is 0 Å². The van der Waals surface area contributed by atoms with Crippen molar-refractivity contribution in [3.63, 3.8) is 0 Å². The summed E-state index contributed by atoms with van der Waals surface area (Å²) in [7, 11) is 0. The van der Waals surface area contributed by atoms with Crippen LogP contribution in [0.25, 0.3) is 0 Å². The number of Topliss-reactive ketones (excluding diaryl/α,β-unsaturated/α-hetero) is 1. The number of esters is 1. The van der Waals surface area contributed by atoms with Crippen LogP contribution in [0, 0.1) is 0 Å². The summed E-state index contributed by atoms with van der Waals surface area (Å²) in [6.45, 7) is 0.0235. The summed E-state index contributed by atoms with van der Waals surface area (Å²) in [5.74, 6) is -0.384. The summed E-state index contributed by atoms with van der Waals surface area (Å²) >= 11 is 0. The molecule has 1 aliphatic rings. The molecular weight excluding hydrogens is 394 g/mol. The zero-order chi connectivity index (χ0) is 21.6. The molecule has 1 heterocycles. The molecule has 3 aromatic carbocycles. The Hall–Kier alpha value is -3.93. The van der Waals surface area contributed by atoms with E-state index in [2.05, 4.69) is 5.32 Å². The zero-order valence-corrected chi connectivity index (χ0v) is 16.8. The third-order valence-corrected chi connectivity index (χ3v) is 4.98. The first-order chi connectivity index (χ1) is 15.1.